The van der Waals surface area contributed by atoms with Crippen molar-refractivity contribution in [2.75, 3.05) is 5.32 Å². The fourth-order valence-electron chi connectivity index (χ4n) is 2.80. The number of aromatic nitrogens is 4. The largest absolute Gasteiger partial charge is 0.435 e. The van der Waals surface area contributed by atoms with Crippen LogP contribution in [0.25, 0.3) is 11.5 Å². The third kappa shape index (κ3) is 4.23. The Balaban J connectivity index is 1.60. The minimum absolute atomic E-state index is 0.0688. The quantitative estimate of drug-likeness (QED) is 0.434. The summed E-state index contributed by atoms with van der Waals surface area (Å²) in [6.07, 6.45) is 3.04. The summed E-state index contributed by atoms with van der Waals surface area (Å²) in [5, 5.41) is 4.20. The Bertz CT molecular complexity index is 1080. The van der Waals surface area contributed by atoms with Crippen molar-refractivity contribution >= 4 is 34.7 Å². The zero-order valence-electron chi connectivity index (χ0n) is 14.7. The molecule has 0 atom stereocenters. The molecule has 0 saturated heterocycles. The average molecular weight is 436 g/mol. The van der Waals surface area contributed by atoms with E-state index in [1.54, 1.807) is 41.2 Å². The maximum absolute atomic E-state index is 12.3. The molecule has 0 radical (unpaired) electrons. The SMILES string of the molecule is FC(F)Oc1ccc(Nc2ncn(Cc3c(Cl)cccc3Cl)c3ncnc2-3)cc1. The number of rotatable bonds is 6. The summed E-state index contributed by atoms with van der Waals surface area (Å²) >= 11 is 12.5. The highest BCUT2D eigenvalue weighted by Crippen LogP contribution is 2.30. The van der Waals surface area contributed by atoms with Gasteiger partial charge in [0.1, 0.15) is 12.1 Å². The van der Waals surface area contributed by atoms with Gasteiger partial charge >= 0.3 is 6.61 Å². The number of fused-ring (bicyclic) bond motifs is 1. The van der Waals surface area contributed by atoms with Crippen LogP contribution in [0.5, 0.6) is 5.75 Å². The fraction of sp³-hybridized carbons (Fsp3) is 0.105. The van der Waals surface area contributed by atoms with Crippen molar-refractivity contribution < 1.29 is 13.5 Å². The van der Waals surface area contributed by atoms with Gasteiger partial charge < -0.3 is 14.6 Å². The smallest absolute Gasteiger partial charge is 0.387 e. The molecule has 0 spiro atoms. The molecule has 0 aliphatic carbocycles. The molecule has 2 heterocycles. The number of nitrogens with zero attached hydrogens (tertiary/aromatic N) is 4. The van der Waals surface area contributed by atoms with E-state index >= 15 is 0 Å². The second-order valence-corrected chi connectivity index (χ2v) is 6.81. The minimum atomic E-state index is -2.87. The molecule has 2 aliphatic heterocycles. The van der Waals surface area contributed by atoms with Gasteiger partial charge in [0.05, 0.1) is 12.9 Å². The molecule has 0 bridgehead atoms. The highest BCUT2D eigenvalue weighted by atomic mass is 35.5. The zero-order chi connectivity index (χ0) is 20.4. The van der Waals surface area contributed by atoms with E-state index in [-0.39, 0.29) is 5.75 Å². The summed E-state index contributed by atoms with van der Waals surface area (Å²) in [5.41, 5.74) is 1.93. The lowest BCUT2D eigenvalue weighted by atomic mass is 10.2. The molecule has 2 aromatic carbocycles. The van der Waals surface area contributed by atoms with Crippen LogP contribution in [-0.4, -0.2) is 26.1 Å². The summed E-state index contributed by atoms with van der Waals surface area (Å²) in [6.45, 7) is -2.49. The number of halogens is 4. The van der Waals surface area contributed by atoms with Gasteiger partial charge in [-0.3, -0.25) is 0 Å². The molecule has 6 nitrogen and oxygen atoms in total. The Hall–Kier alpha value is -2.97. The van der Waals surface area contributed by atoms with E-state index in [1.807, 2.05) is 0 Å². The van der Waals surface area contributed by atoms with Crippen molar-refractivity contribution in [2.24, 2.45) is 0 Å². The fourth-order valence-corrected chi connectivity index (χ4v) is 3.31. The summed E-state index contributed by atoms with van der Waals surface area (Å²) in [5.74, 6) is 1.14. The summed E-state index contributed by atoms with van der Waals surface area (Å²) in [7, 11) is 0. The predicted molar refractivity (Wildman–Crippen MR) is 106 cm³/mol. The third-order valence-corrected chi connectivity index (χ3v) is 4.84. The molecule has 29 heavy (non-hydrogen) atoms. The second-order valence-electron chi connectivity index (χ2n) is 6.00. The maximum Gasteiger partial charge on any atom is 0.387 e. The van der Waals surface area contributed by atoms with Crippen LogP contribution < -0.4 is 10.1 Å². The minimum Gasteiger partial charge on any atom is -0.435 e. The van der Waals surface area contributed by atoms with Crippen LogP contribution in [0.2, 0.25) is 10.0 Å². The van der Waals surface area contributed by atoms with E-state index in [0.29, 0.717) is 39.6 Å². The monoisotopic (exact) mass is 435 g/mol. The number of anilines is 2. The van der Waals surface area contributed by atoms with Crippen molar-refractivity contribution in [3.05, 3.63) is 70.7 Å². The standard InChI is InChI=1S/C19H13Cl2F2N5O/c20-14-2-1-3-15(21)13(14)8-28-10-26-17(16-18(28)25-9-24-16)27-11-4-6-12(7-5-11)29-19(22)23/h1-7,9-10,19,27H,8H2. The van der Waals surface area contributed by atoms with E-state index in [0.717, 1.165) is 5.56 Å². The van der Waals surface area contributed by atoms with Crippen LogP contribution in [0.1, 0.15) is 5.56 Å². The second kappa shape index (κ2) is 8.18. The van der Waals surface area contributed by atoms with E-state index < -0.39 is 6.61 Å². The van der Waals surface area contributed by atoms with E-state index in [9.17, 15) is 8.78 Å². The van der Waals surface area contributed by atoms with E-state index in [1.165, 1.54) is 18.5 Å². The average Bonchev–Trinajstić information content (AvgIpc) is 3.18. The molecule has 1 N–H and O–H groups in total. The lowest BCUT2D eigenvalue weighted by molar-refractivity contribution is -0.0498. The molecule has 0 amide bonds. The van der Waals surface area contributed by atoms with Crippen molar-refractivity contribution in [1.29, 1.82) is 0 Å². The molecule has 0 saturated carbocycles. The first-order valence-corrected chi connectivity index (χ1v) is 9.17. The molecule has 0 aromatic heterocycles. The number of ether oxygens (including phenoxy) is 1. The van der Waals surface area contributed by atoms with Crippen molar-refractivity contribution in [1.82, 2.24) is 19.5 Å². The van der Waals surface area contributed by atoms with Crippen LogP contribution in [0, 0.1) is 0 Å². The molecule has 2 aliphatic rings. The summed E-state index contributed by atoms with van der Waals surface area (Å²) < 4.78 is 30.7. The molecular formula is C19H13Cl2F2N5O. The van der Waals surface area contributed by atoms with Gasteiger partial charge in [0.25, 0.3) is 0 Å². The first-order valence-electron chi connectivity index (χ1n) is 8.42. The van der Waals surface area contributed by atoms with Gasteiger partial charge in [-0.2, -0.15) is 8.78 Å². The number of hydrogen-bond acceptors (Lipinski definition) is 5. The Kier molecular flexibility index (Phi) is 5.46. The van der Waals surface area contributed by atoms with Crippen LogP contribution in [0.15, 0.2) is 55.1 Å². The highest BCUT2D eigenvalue weighted by Gasteiger charge is 2.18. The van der Waals surface area contributed by atoms with Crippen LogP contribution in [0.3, 0.4) is 0 Å². The van der Waals surface area contributed by atoms with E-state index in [2.05, 4.69) is 25.0 Å². The van der Waals surface area contributed by atoms with Gasteiger partial charge in [0.15, 0.2) is 17.3 Å². The Morgan fingerprint density at radius 3 is 2.41 bits per heavy atom. The highest BCUT2D eigenvalue weighted by molar-refractivity contribution is 6.36. The molecule has 0 unspecified atom stereocenters. The van der Waals surface area contributed by atoms with Crippen LogP contribution in [0.4, 0.5) is 20.3 Å². The summed E-state index contributed by atoms with van der Waals surface area (Å²) in [4.78, 5) is 13.0. The van der Waals surface area contributed by atoms with Crippen molar-refractivity contribution in [3.8, 4) is 17.3 Å². The van der Waals surface area contributed by atoms with Crippen molar-refractivity contribution in [3.63, 3.8) is 0 Å². The third-order valence-electron chi connectivity index (χ3n) is 4.13. The first kappa shape index (κ1) is 19.4. The van der Waals surface area contributed by atoms with Crippen molar-refractivity contribution in [2.45, 2.75) is 13.2 Å². The number of nitrogens with one attached hydrogen (secondary N) is 1. The molecule has 148 valence electrons. The van der Waals surface area contributed by atoms with Gasteiger partial charge in [-0.1, -0.05) is 29.3 Å². The molecule has 2 aromatic rings. The van der Waals surface area contributed by atoms with Crippen LogP contribution >= 0.6 is 23.2 Å². The normalized spacial score (nSPS) is 11.2. The molecule has 10 heteroatoms. The van der Waals surface area contributed by atoms with Gasteiger partial charge in [-0.15, -0.1) is 0 Å². The Morgan fingerprint density at radius 2 is 1.72 bits per heavy atom. The Labute approximate surface area is 174 Å². The molecule has 4 rings (SSSR count). The molecule has 0 fully saturated rings. The lowest BCUT2D eigenvalue weighted by Gasteiger charge is -2.15. The molecular weight excluding hydrogens is 423 g/mol. The Morgan fingerprint density at radius 1 is 1.00 bits per heavy atom. The number of imidazole rings is 1. The van der Waals surface area contributed by atoms with E-state index in [4.69, 9.17) is 23.2 Å². The van der Waals surface area contributed by atoms with Gasteiger partial charge in [0.2, 0.25) is 0 Å². The number of hydrogen-bond donors (Lipinski definition) is 1. The zero-order valence-corrected chi connectivity index (χ0v) is 16.2. The van der Waals surface area contributed by atoms with Gasteiger partial charge in [0, 0.05) is 21.3 Å². The summed E-state index contributed by atoms with van der Waals surface area (Å²) in [6, 6.07) is 11.4. The van der Waals surface area contributed by atoms with Gasteiger partial charge in [-0.05, 0) is 36.4 Å². The lowest BCUT2D eigenvalue weighted by Crippen LogP contribution is -2.10. The number of alkyl halides is 2. The predicted octanol–water partition coefficient (Wildman–Crippen LogP) is 5.48. The van der Waals surface area contributed by atoms with Crippen LogP contribution in [-0.2, 0) is 6.54 Å². The maximum atomic E-state index is 12.3. The topological polar surface area (TPSA) is 64.9 Å². The van der Waals surface area contributed by atoms with Gasteiger partial charge in [-0.25, -0.2) is 15.0 Å². The first-order chi connectivity index (χ1) is 14.0. The number of benzene rings is 2.